The van der Waals surface area contributed by atoms with Gasteiger partial charge in [-0.25, -0.2) is 13.4 Å². The number of hydrogen-bond acceptors (Lipinski definition) is 4. The summed E-state index contributed by atoms with van der Waals surface area (Å²) in [5.74, 6) is -0.0815. The number of nitrogens with zero attached hydrogens (tertiary/aromatic N) is 3. The number of nitrogens with one attached hydrogen (secondary N) is 1. The molecule has 1 N–H and O–H groups in total. The van der Waals surface area contributed by atoms with Crippen LogP contribution in [0.1, 0.15) is 36.5 Å². The third kappa shape index (κ3) is 5.83. The molecule has 1 aromatic heterocycles. The first-order valence-electron chi connectivity index (χ1n) is 11.8. The fourth-order valence-corrected chi connectivity index (χ4v) is 5.18. The van der Waals surface area contributed by atoms with Crippen LogP contribution in [0.5, 0.6) is 0 Å². The van der Waals surface area contributed by atoms with E-state index in [2.05, 4.69) is 24.1 Å². The van der Waals surface area contributed by atoms with E-state index >= 15 is 0 Å². The van der Waals surface area contributed by atoms with Gasteiger partial charge in [-0.1, -0.05) is 55.8 Å². The summed E-state index contributed by atoms with van der Waals surface area (Å²) >= 11 is 0. The normalized spacial score (nSPS) is 11.4. The molecule has 36 heavy (non-hydrogen) atoms. The summed E-state index contributed by atoms with van der Waals surface area (Å²) in [6.07, 6.45) is 5.28. The van der Waals surface area contributed by atoms with E-state index in [1.54, 1.807) is 48.9 Å². The van der Waals surface area contributed by atoms with Crippen LogP contribution in [-0.2, 0) is 21.4 Å². The van der Waals surface area contributed by atoms with Gasteiger partial charge in [0.2, 0.25) is 5.91 Å². The molecule has 0 spiro atoms. The van der Waals surface area contributed by atoms with Gasteiger partial charge in [0.25, 0.3) is 10.0 Å². The minimum atomic E-state index is -3.95. The van der Waals surface area contributed by atoms with Crippen molar-refractivity contribution in [2.45, 2.75) is 38.1 Å². The van der Waals surface area contributed by atoms with Gasteiger partial charge in [-0.3, -0.25) is 9.10 Å². The molecule has 0 fully saturated rings. The first-order valence-corrected chi connectivity index (χ1v) is 13.2. The van der Waals surface area contributed by atoms with Crippen LogP contribution in [0.2, 0.25) is 0 Å². The van der Waals surface area contributed by atoms with E-state index in [-0.39, 0.29) is 18.0 Å². The zero-order valence-corrected chi connectivity index (χ0v) is 21.4. The fourth-order valence-electron chi connectivity index (χ4n) is 3.76. The van der Waals surface area contributed by atoms with Gasteiger partial charge >= 0.3 is 0 Å². The van der Waals surface area contributed by atoms with Crippen LogP contribution >= 0.6 is 0 Å². The summed E-state index contributed by atoms with van der Waals surface area (Å²) in [6, 6.07) is 21.7. The minimum Gasteiger partial charge on any atom is -0.350 e. The van der Waals surface area contributed by atoms with Crippen LogP contribution in [0.4, 0.5) is 5.69 Å². The first-order chi connectivity index (χ1) is 17.2. The maximum Gasteiger partial charge on any atom is 0.264 e. The second-order valence-corrected chi connectivity index (χ2v) is 10.8. The van der Waals surface area contributed by atoms with Crippen LogP contribution in [0.25, 0.3) is 5.69 Å². The lowest BCUT2D eigenvalue weighted by molar-refractivity contribution is -0.119. The number of rotatable bonds is 9. The van der Waals surface area contributed by atoms with E-state index in [9.17, 15) is 13.2 Å². The number of imidazole rings is 1. The topological polar surface area (TPSA) is 84.3 Å². The maximum absolute atomic E-state index is 13.6. The third-order valence-corrected chi connectivity index (χ3v) is 7.76. The molecule has 0 bridgehead atoms. The molecule has 1 amide bonds. The van der Waals surface area contributed by atoms with E-state index < -0.39 is 15.9 Å². The van der Waals surface area contributed by atoms with Crippen LogP contribution in [0.3, 0.4) is 0 Å². The lowest BCUT2D eigenvalue weighted by Gasteiger charge is -2.24. The van der Waals surface area contributed by atoms with Crippen molar-refractivity contribution in [3.63, 3.8) is 0 Å². The Balaban J connectivity index is 1.52. The summed E-state index contributed by atoms with van der Waals surface area (Å²) < 4.78 is 30.2. The second kappa shape index (κ2) is 10.8. The van der Waals surface area contributed by atoms with Crippen molar-refractivity contribution in [3.8, 4) is 5.69 Å². The van der Waals surface area contributed by atoms with E-state index in [4.69, 9.17) is 0 Å². The molecule has 7 nitrogen and oxygen atoms in total. The van der Waals surface area contributed by atoms with Gasteiger partial charge in [0.1, 0.15) is 6.54 Å². The molecule has 0 aliphatic carbocycles. The SMILES string of the molecule is Cc1ccc(S(=O)(=O)N(CC(=O)NCc2ccc(-n3ccnc3)cc2)c2ccc(C(C)C)cc2)cc1. The van der Waals surface area contributed by atoms with Gasteiger partial charge < -0.3 is 9.88 Å². The standard InChI is InChI=1S/C28H30N4O3S/c1-21(2)24-8-12-26(13-9-24)32(36(34,35)27-14-4-22(3)5-15-27)19-28(33)30-18-23-6-10-25(11-7-23)31-17-16-29-20-31/h4-17,20-21H,18-19H2,1-3H3,(H,30,33). The highest BCUT2D eigenvalue weighted by Crippen LogP contribution is 2.26. The average Bonchev–Trinajstić information content (AvgIpc) is 3.42. The molecule has 0 unspecified atom stereocenters. The largest absolute Gasteiger partial charge is 0.350 e. The van der Waals surface area contributed by atoms with Crippen molar-refractivity contribution in [2.24, 2.45) is 0 Å². The Hall–Kier alpha value is -3.91. The van der Waals surface area contributed by atoms with E-state index in [0.29, 0.717) is 11.6 Å². The summed E-state index contributed by atoms with van der Waals surface area (Å²) in [6.45, 7) is 6.00. The van der Waals surface area contributed by atoms with Crippen molar-refractivity contribution in [3.05, 3.63) is 108 Å². The molecule has 4 rings (SSSR count). The highest BCUT2D eigenvalue weighted by molar-refractivity contribution is 7.92. The molecule has 0 saturated heterocycles. The molecule has 0 aliphatic heterocycles. The first kappa shape index (κ1) is 25.2. The number of benzene rings is 3. The molecule has 0 atom stereocenters. The molecule has 1 heterocycles. The van der Waals surface area contributed by atoms with Gasteiger partial charge in [-0.15, -0.1) is 0 Å². The van der Waals surface area contributed by atoms with Crippen molar-refractivity contribution in [1.82, 2.24) is 14.9 Å². The fraction of sp³-hybridized carbons (Fsp3) is 0.214. The zero-order valence-electron chi connectivity index (χ0n) is 20.6. The van der Waals surface area contributed by atoms with Crippen molar-refractivity contribution in [1.29, 1.82) is 0 Å². The van der Waals surface area contributed by atoms with E-state index in [1.807, 2.05) is 54.1 Å². The van der Waals surface area contributed by atoms with Gasteiger partial charge in [-0.05, 0) is 60.4 Å². The smallest absolute Gasteiger partial charge is 0.264 e. The minimum absolute atomic E-state index is 0.143. The zero-order chi connectivity index (χ0) is 25.7. The van der Waals surface area contributed by atoms with Crippen molar-refractivity contribution < 1.29 is 13.2 Å². The summed E-state index contributed by atoms with van der Waals surface area (Å²) in [5, 5.41) is 2.85. The van der Waals surface area contributed by atoms with Gasteiger partial charge in [0.15, 0.2) is 0 Å². The summed E-state index contributed by atoms with van der Waals surface area (Å²) in [4.78, 5) is 17.1. The number of hydrogen-bond donors (Lipinski definition) is 1. The average molecular weight is 503 g/mol. The number of anilines is 1. The van der Waals surface area contributed by atoms with Crippen LogP contribution in [0, 0.1) is 6.92 Å². The molecule has 4 aromatic rings. The third-order valence-electron chi connectivity index (χ3n) is 5.97. The van der Waals surface area contributed by atoms with Gasteiger partial charge in [0.05, 0.1) is 16.9 Å². The quantitative estimate of drug-likeness (QED) is 0.356. The number of carbonyl (C=O) groups excluding carboxylic acids is 1. The Morgan fingerprint density at radius 2 is 1.64 bits per heavy atom. The van der Waals surface area contributed by atoms with Crippen LogP contribution < -0.4 is 9.62 Å². The van der Waals surface area contributed by atoms with Gasteiger partial charge in [-0.2, -0.15) is 0 Å². The van der Waals surface area contributed by atoms with Gasteiger partial charge in [0, 0.05) is 24.6 Å². The van der Waals surface area contributed by atoms with Crippen LogP contribution in [0.15, 0.2) is 96.4 Å². The Morgan fingerprint density at radius 3 is 2.22 bits per heavy atom. The molecule has 3 aromatic carbocycles. The van der Waals surface area contributed by atoms with E-state index in [1.165, 1.54) is 4.31 Å². The Morgan fingerprint density at radius 1 is 0.972 bits per heavy atom. The maximum atomic E-state index is 13.6. The second-order valence-electron chi connectivity index (χ2n) is 8.98. The molecular formula is C28H30N4O3S. The van der Waals surface area contributed by atoms with Crippen molar-refractivity contribution in [2.75, 3.05) is 10.8 Å². The number of aromatic nitrogens is 2. The monoisotopic (exact) mass is 502 g/mol. The molecule has 0 saturated carbocycles. The Labute approximate surface area is 212 Å². The molecule has 0 aliphatic rings. The highest BCUT2D eigenvalue weighted by Gasteiger charge is 2.27. The van der Waals surface area contributed by atoms with E-state index in [0.717, 1.165) is 22.4 Å². The number of aryl methyl sites for hydroxylation is 1. The number of sulfonamides is 1. The molecule has 0 radical (unpaired) electrons. The lowest BCUT2D eigenvalue weighted by Crippen LogP contribution is -2.40. The summed E-state index contributed by atoms with van der Waals surface area (Å²) in [5.41, 5.74) is 4.36. The number of amides is 1. The molecular weight excluding hydrogens is 472 g/mol. The predicted octanol–water partition coefficient (Wildman–Crippen LogP) is 4.82. The van der Waals surface area contributed by atoms with Crippen molar-refractivity contribution >= 4 is 21.6 Å². The van der Waals surface area contributed by atoms with Crippen LogP contribution in [-0.4, -0.2) is 30.4 Å². The summed E-state index contributed by atoms with van der Waals surface area (Å²) in [7, 11) is -3.95. The molecule has 186 valence electrons. The Bertz CT molecular complexity index is 1400. The molecule has 8 heteroatoms. The lowest BCUT2D eigenvalue weighted by atomic mass is 10.0. The Kier molecular flexibility index (Phi) is 7.55. The number of carbonyl (C=O) groups is 1. The predicted molar refractivity (Wildman–Crippen MR) is 142 cm³/mol. The highest BCUT2D eigenvalue weighted by atomic mass is 32.2.